The number of nitrogens with zero attached hydrogens (tertiary/aromatic N) is 3. The molecule has 4 rings (SSSR count). The van der Waals surface area contributed by atoms with E-state index in [1.165, 1.54) is 5.56 Å². The summed E-state index contributed by atoms with van der Waals surface area (Å²) >= 11 is 0. The number of benzene rings is 2. The Labute approximate surface area is 165 Å². The maximum atomic E-state index is 13.0. The van der Waals surface area contributed by atoms with Gasteiger partial charge in [-0.3, -0.25) is 4.79 Å². The highest BCUT2D eigenvalue weighted by atomic mass is 16.5. The van der Waals surface area contributed by atoms with Crippen LogP contribution in [0.2, 0.25) is 0 Å². The Hall–Kier alpha value is -3.02. The van der Waals surface area contributed by atoms with Crippen molar-refractivity contribution < 1.29 is 14.3 Å². The Morgan fingerprint density at radius 1 is 1.07 bits per heavy atom. The minimum Gasteiger partial charge on any atom is -0.496 e. The van der Waals surface area contributed by atoms with Crippen molar-refractivity contribution in [2.75, 3.05) is 33.3 Å². The molecule has 0 aromatic heterocycles. The first-order valence-corrected chi connectivity index (χ1v) is 9.60. The van der Waals surface area contributed by atoms with Gasteiger partial charge in [-0.05, 0) is 24.6 Å². The van der Waals surface area contributed by atoms with Crippen LogP contribution in [0.1, 0.15) is 21.5 Å². The molecule has 2 aliphatic heterocycles. The molecule has 0 aliphatic carbocycles. The van der Waals surface area contributed by atoms with Gasteiger partial charge in [-0.15, -0.1) is 0 Å². The number of amides is 3. The molecule has 28 heavy (non-hydrogen) atoms. The third kappa shape index (κ3) is 3.42. The monoisotopic (exact) mass is 379 g/mol. The molecule has 2 fully saturated rings. The van der Waals surface area contributed by atoms with Crippen LogP contribution in [-0.2, 0) is 6.54 Å². The van der Waals surface area contributed by atoms with Crippen molar-refractivity contribution in [1.29, 1.82) is 0 Å². The number of hydrogen-bond donors (Lipinski definition) is 0. The number of carbonyl (C=O) groups is 2. The molecular formula is C22H25N3O3. The van der Waals surface area contributed by atoms with E-state index in [2.05, 4.69) is 31.2 Å². The molecule has 3 amide bonds. The van der Waals surface area contributed by atoms with Crippen LogP contribution in [0.4, 0.5) is 4.79 Å². The Balaban J connectivity index is 1.44. The molecule has 2 aromatic rings. The summed E-state index contributed by atoms with van der Waals surface area (Å²) in [6.45, 7) is 4.95. The van der Waals surface area contributed by atoms with Crippen LogP contribution >= 0.6 is 0 Å². The number of methoxy groups -OCH3 is 1. The minimum absolute atomic E-state index is 0.0327. The molecule has 1 atom stereocenters. The molecule has 146 valence electrons. The number of urea groups is 1. The molecule has 0 bridgehead atoms. The van der Waals surface area contributed by atoms with Crippen molar-refractivity contribution in [2.24, 2.45) is 0 Å². The predicted molar refractivity (Wildman–Crippen MR) is 106 cm³/mol. The second-order valence-corrected chi connectivity index (χ2v) is 7.45. The zero-order valence-electron chi connectivity index (χ0n) is 16.3. The average molecular weight is 379 g/mol. The number of aryl methyl sites for hydroxylation is 1. The van der Waals surface area contributed by atoms with Crippen molar-refractivity contribution in [3.8, 4) is 5.75 Å². The maximum absolute atomic E-state index is 13.0. The van der Waals surface area contributed by atoms with Crippen LogP contribution in [0.3, 0.4) is 0 Å². The Morgan fingerprint density at radius 3 is 2.57 bits per heavy atom. The average Bonchev–Trinajstić information content (AvgIpc) is 3.04. The van der Waals surface area contributed by atoms with E-state index in [1.807, 2.05) is 26.8 Å². The van der Waals surface area contributed by atoms with Crippen molar-refractivity contribution in [2.45, 2.75) is 19.5 Å². The van der Waals surface area contributed by atoms with Gasteiger partial charge in [-0.1, -0.05) is 42.0 Å². The fourth-order valence-corrected chi connectivity index (χ4v) is 4.00. The standard InChI is InChI=1S/C22H25N3O3/c1-16-7-9-17(10-8-16)13-24-15-18-14-23(11-12-25(18)22(24)27)21(26)19-5-3-4-6-20(19)28-2/h3-10,18H,11-15H2,1-2H3. The number of hydrogen-bond acceptors (Lipinski definition) is 3. The zero-order valence-corrected chi connectivity index (χ0v) is 16.3. The number of ether oxygens (including phenoxy) is 1. The van der Waals surface area contributed by atoms with Gasteiger partial charge in [0.1, 0.15) is 5.75 Å². The Morgan fingerprint density at radius 2 is 1.82 bits per heavy atom. The first-order chi connectivity index (χ1) is 13.6. The molecule has 2 aliphatic rings. The first-order valence-electron chi connectivity index (χ1n) is 9.60. The van der Waals surface area contributed by atoms with Crippen LogP contribution in [0.15, 0.2) is 48.5 Å². The lowest BCUT2D eigenvalue weighted by Gasteiger charge is -2.36. The summed E-state index contributed by atoms with van der Waals surface area (Å²) in [5.74, 6) is 0.542. The molecule has 6 heteroatoms. The highest BCUT2D eigenvalue weighted by Gasteiger charge is 2.41. The van der Waals surface area contributed by atoms with Crippen molar-refractivity contribution in [3.05, 3.63) is 65.2 Å². The number of piperazine rings is 1. The van der Waals surface area contributed by atoms with Gasteiger partial charge in [0, 0.05) is 32.7 Å². The third-order valence-electron chi connectivity index (χ3n) is 5.55. The van der Waals surface area contributed by atoms with E-state index in [0.717, 1.165) is 5.56 Å². The van der Waals surface area contributed by atoms with Gasteiger partial charge in [-0.25, -0.2) is 4.79 Å². The van der Waals surface area contributed by atoms with Gasteiger partial charge < -0.3 is 19.4 Å². The van der Waals surface area contributed by atoms with E-state index in [-0.39, 0.29) is 18.0 Å². The van der Waals surface area contributed by atoms with Gasteiger partial charge in [0.05, 0.1) is 18.7 Å². The molecule has 6 nitrogen and oxygen atoms in total. The number of rotatable bonds is 4. The fourth-order valence-electron chi connectivity index (χ4n) is 4.00. The summed E-state index contributed by atoms with van der Waals surface area (Å²) in [5, 5.41) is 0. The zero-order chi connectivity index (χ0) is 19.7. The summed E-state index contributed by atoms with van der Waals surface area (Å²) in [6.07, 6.45) is 0. The second-order valence-electron chi connectivity index (χ2n) is 7.45. The lowest BCUT2D eigenvalue weighted by Crippen LogP contribution is -2.53. The third-order valence-corrected chi connectivity index (χ3v) is 5.55. The summed E-state index contributed by atoms with van der Waals surface area (Å²) in [7, 11) is 1.57. The van der Waals surface area contributed by atoms with Crippen molar-refractivity contribution in [3.63, 3.8) is 0 Å². The summed E-state index contributed by atoms with van der Waals surface area (Å²) < 4.78 is 5.33. The van der Waals surface area contributed by atoms with E-state index >= 15 is 0 Å². The molecule has 1 unspecified atom stereocenters. The quantitative estimate of drug-likeness (QED) is 0.821. The second kappa shape index (κ2) is 7.54. The highest BCUT2D eigenvalue weighted by Crippen LogP contribution is 2.25. The highest BCUT2D eigenvalue weighted by molar-refractivity contribution is 5.97. The van der Waals surface area contributed by atoms with E-state index in [4.69, 9.17) is 4.74 Å². The van der Waals surface area contributed by atoms with Crippen LogP contribution in [0.25, 0.3) is 0 Å². The van der Waals surface area contributed by atoms with Crippen LogP contribution < -0.4 is 4.74 Å². The van der Waals surface area contributed by atoms with Crippen LogP contribution in [0, 0.1) is 6.92 Å². The summed E-state index contributed by atoms with van der Waals surface area (Å²) in [5.41, 5.74) is 2.90. The molecule has 0 spiro atoms. The van der Waals surface area contributed by atoms with Crippen LogP contribution in [-0.4, -0.2) is 66.0 Å². The first kappa shape index (κ1) is 18.3. The van der Waals surface area contributed by atoms with E-state index < -0.39 is 0 Å². The molecule has 2 aromatic carbocycles. The van der Waals surface area contributed by atoms with E-state index in [1.54, 1.807) is 19.2 Å². The fraction of sp³-hybridized carbons (Fsp3) is 0.364. The topological polar surface area (TPSA) is 53.1 Å². The van der Waals surface area contributed by atoms with Crippen molar-refractivity contribution in [1.82, 2.24) is 14.7 Å². The lowest BCUT2D eigenvalue weighted by molar-refractivity contribution is 0.0613. The minimum atomic E-state index is -0.0402. The predicted octanol–water partition coefficient (Wildman–Crippen LogP) is 2.77. The molecule has 2 heterocycles. The van der Waals surface area contributed by atoms with E-state index in [0.29, 0.717) is 44.0 Å². The Kier molecular flexibility index (Phi) is 4.94. The normalized spacial score (nSPS) is 19.0. The number of para-hydroxylation sites is 1. The molecule has 2 saturated heterocycles. The largest absolute Gasteiger partial charge is 0.496 e. The summed E-state index contributed by atoms with van der Waals surface area (Å²) in [4.78, 5) is 31.4. The van der Waals surface area contributed by atoms with Gasteiger partial charge in [-0.2, -0.15) is 0 Å². The lowest BCUT2D eigenvalue weighted by atomic mass is 10.1. The van der Waals surface area contributed by atoms with Gasteiger partial charge in [0.2, 0.25) is 0 Å². The Bertz CT molecular complexity index is 881. The van der Waals surface area contributed by atoms with E-state index in [9.17, 15) is 9.59 Å². The van der Waals surface area contributed by atoms with Gasteiger partial charge in [0.15, 0.2) is 0 Å². The van der Waals surface area contributed by atoms with Crippen molar-refractivity contribution >= 4 is 11.9 Å². The van der Waals surface area contributed by atoms with Gasteiger partial charge >= 0.3 is 6.03 Å². The SMILES string of the molecule is COc1ccccc1C(=O)N1CCN2C(=O)N(Cc3ccc(C)cc3)CC2C1. The van der Waals surface area contributed by atoms with Crippen LogP contribution in [0.5, 0.6) is 5.75 Å². The maximum Gasteiger partial charge on any atom is 0.320 e. The number of carbonyl (C=O) groups excluding carboxylic acids is 2. The number of fused-ring (bicyclic) bond motifs is 1. The smallest absolute Gasteiger partial charge is 0.320 e. The summed E-state index contributed by atoms with van der Waals surface area (Å²) in [6, 6.07) is 15.6. The van der Waals surface area contributed by atoms with Gasteiger partial charge in [0.25, 0.3) is 5.91 Å². The molecule has 0 saturated carbocycles. The molecular weight excluding hydrogens is 354 g/mol. The molecule has 0 radical (unpaired) electrons. The molecule has 0 N–H and O–H groups in total.